The van der Waals surface area contributed by atoms with Gasteiger partial charge in [-0.2, -0.15) is 0 Å². The van der Waals surface area contributed by atoms with Crippen LogP contribution >= 0.6 is 0 Å². The zero-order valence-corrected chi connectivity index (χ0v) is 18.4. The van der Waals surface area contributed by atoms with Crippen molar-refractivity contribution in [3.8, 4) is 0 Å². The molecule has 0 unspecified atom stereocenters. The van der Waals surface area contributed by atoms with Crippen molar-refractivity contribution in [1.29, 1.82) is 0 Å². The van der Waals surface area contributed by atoms with E-state index in [-0.39, 0.29) is 24.0 Å². The third kappa shape index (κ3) is 3.97. The predicted molar refractivity (Wildman–Crippen MR) is 121 cm³/mol. The molecule has 4 nitrogen and oxygen atoms in total. The zero-order chi connectivity index (χ0) is 21.3. The maximum absolute atomic E-state index is 10.2. The second kappa shape index (κ2) is 8.84. The number of aromatic nitrogens is 1. The summed E-state index contributed by atoms with van der Waals surface area (Å²) in [5.41, 5.74) is 3.64. The molecule has 0 aromatic carbocycles. The summed E-state index contributed by atoms with van der Waals surface area (Å²) in [6, 6.07) is 4.00. The molecule has 3 saturated carbocycles. The molecular weight excluding hydrogens is 372 g/mol. The Bertz CT molecular complexity index is 764. The second-order valence-corrected chi connectivity index (χ2v) is 10.2. The lowest BCUT2D eigenvalue weighted by Gasteiger charge is -2.51. The van der Waals surface area contributed by atoms with Gasteiger partial charge in [-0.1, -0.05) is 25.7 Å². The molecule has 3 aliphatic carbocycles. The van der Waals surface area contributed by atoms with E-state index >= 15 is 0 Å². The van der Waals surface area contributed by atoms with Crippen molar-refractivity contribution < 1.29 is 10.2 Å². The summed E-state index contributed by atoms with van der Waals surface area (Å²) in [6.45, 7) is 12.2. The molecule has 164 valence electrons. The largest absolute Gasteiger partial charge is 0.396 e. The predicted octanol–water partition coefficient (Wildman–Crippen LogP) is 4.41. The Morgan fingerprint density at radius 3 is 2.83 bits per heavy atom. The van der Waals surface area contributed by atoms with Crippen molar-refractivity contribution in [2.24, 2.45) is 35.0 Å². The molecule has 3 aliphatic rings. The van der Waals surface area contributed by atoms with Crippen molar-refractivity contribution in [3.63, 3.8) is 0 Å². The SMILES string of the molecule is C=C(NC[C@@H]1[C@@H]([C@H]2CC[C@H](O)C[C@@H]2CO)CC[C@]2(C)C(=C)CC[C@@H]12)c1cccnc1. The monoisotopic (exact) mass is 410 g/mol. The van der Waals surface area contributed by atoms with Crippen molar-refractivity contribution in [1.82, 2.24) is 10.3 Å². The van der Waals surface area contributed by atoms with Gasteiger partial charge in [0.15, 0.2) is 0 Å². The lowest BCUT2D eigenvalue weighted by Crippen LogP contribution is -2.48. The summed E-state index contributed by atoms with van der Waals surface area (Å²) in [5.74, 6) is 2.45. The van der Waals surface area contributed by atoms with Crippen LogP contribution in [0.4, 0.5) is 0 Å². The number of hydrogen-bond acceptors (Lipinski definition) is 4. The summed E-state index contributed by atoms with van der Waals surface area (Å²) in [7, 11) is 0. The molecule has 3 fully saturated rings. The van der Waals surface area contributed by atoms with Crippen molar-refractivity contribution >= 4 is 5.70 Å². The third-order valence-corrected chi connectivity index (χ3v) is 8.81. The molecule has 3 N–H and O–H groups in total. The van der Waals surface area contributed by atoms with Crippen LogP contribution in [0.15, 0.2) is 43.3 Å². The normalized spacial score (nSPS) is 38.8. The average Bonchev–Trinajstić information content (AvgIpc) is 3.07. The van der Waals surface area contributed by atoms with Crippen LogP contribution in [0.2, 0.25) is 0 Å². The molecule has 1 aromatic heterocycles. The highest BCUT2D eigenvalue weighted by Crippen LogP contribution is 2.60. The molecule has 1 aromatic rings. The van der Waals surface area contributed by atoms with Gasteiger partial charge in [-0.05, 0) is 92.1 Å². The standard InChI is InChI=1S/C26H38N2O2/c1-17-6-9-25-24(15-28-18(2)19-5-4-12-27-14-19)23(10-11-26(17,25)3)22-8-7-21(30)13-20(22)16-29/h4-5,12,14,20-25,28-30H,1-2,6-11,13,15-16H2,3H3/t20-,21+,22+,23-,24-,25+,26-/m1/s1. The summed E-state index contributed by atoms with van der Waals surface area (Å²) < 4.78 is 0. The van der Waals surface area contributed by atoms with Crippen LogP contribution < -0.4 is 5.32 Å². The first-order chi connectivity index (χ1) is 14.4. The molecule has 0 saturated heterocycles. The molecule has 1 heterocycles. The van der Waals surface area contributed by atoms with Gasteiger partial charge in [0.2, 0.25) is 0 Å². The molecule has 30 heavy (non-hydrogen) atoms. The lowest BCUT2D eigenvalue weighted by atomic mass is 9.54. The van der Waals surface area contributed by atoms with Crippen LogP contribution in [0, 0.1) is 35.0 Å². The summed E-state index contributed by atoms with van der Waals surface area (Å²) in [4.78, 5) is 4.23. The molecule has 0 spiro atoms. The minimum absolute atomic E-state index is 0.190. The fourth-order valence-corrected chi connectivity index (χ4v) is 6.97. The first kappa shape index (κ1) is 21.6. The maximum Gasteiger partial charge on any atom is 0.0544 e. The van der Waals surface area contributed by atoms with Gasteiger partial charge in [0.25, 0.3) is 0 Å². The van der Waals surface area contributed by atoms with Gasteiger partial charge in [-0.25, -0.2) is 0 Å². The Morgan fingerprint density at radius 2 is 2.10 bits per heavy atom. The summed E-state index contributed by atoms with van der Waals surface area (Å²) >= 11 is 0. The smallest absolute Gasteiger partial charge is 0.0544 e. The third-order valence-electron chi connectivity index (χ3n) is 8.81. The van der Waals surface area contributed by atoms with Crippen LogP contribution in [0.1, 0.15) is 57.4 Å². The molecular formula is C26H38N2O2. The number of aliphatic hydroxyl groups excluding tert-OH is 2. The minimum Gasteiger partial charge on any atom is -0.396 e. The Labute approximate surface area is 181 Å². The van der Waals surface area contributed by atoms with Gasteiger partial charge in [-0.3, -0.25) is 4.98 Å². The Hall–Kier alpha value is -1.65. The maximum atomic E-state index is 10.2. The van der Waals surface area contributed by atoms with Crippen molar-refractivity contribution in [2.75, 3.05) is 13.2 Å². The van der Waals surface area contributed by atoms with E-state index < -0.39 is 0 Å². The quantitative estimate of drug-likeness (QED) is 0.608. The van der Waals surface area contributed by atoms with Gasteiger partial charge in [-0.15, -0.1) is 0 Å². The highest BCUT2D eigenvalue weighted by Gasteiger charge is 2.53. The molecule has 0 bridgehead atoms. The summed E-state index contributed by atoms with van der Waals surface area (Å²) in [6.07, 6.45) is 10.8. The Balaban J connectivity index is 1.55. The zero-order valence-electron chi connectivity index (χ0n) is 18.4. The first-order valence-corrected chi connectivity index (χ1v) is 11.7. The van der Waals surface area contributed by atoms with Gasteiger partial charge < -0.3 is 15.5 Å². The number of pyridine rings is 1. The van der Waals surface area contributed by atoms with Crippen LogP contribution in [-0.2, 0) is 0 Å². The molecule has 4 rings (SSSR count). The van der Waals surface area contributed by atoms with Crippen LogP contribution in [0.3, 0.4) is 0 Å². The number of nitrogens with one attached hydrogen (secondary N) is 1. The Morgan fingerprint density at radius 1 is 1.27 bits per heavy atom. The second-order valence-electron chi connectivity index (χ2n) is 10.2. The van der Waals surface area contributed by atoms with E-state index in [0.717, 1.165) is 43.5 Å². The van der Waals surface area contributed by atoms with E-state index in [2.05, 4.69) is 30.4 Å². The van der Waals surface area contributed by atoms with Crippen LogP contribution in [0.25, 0.3) is 5.70 Å². The number of hydrogen-bond donors (Lipinski definition) is 3. The van der Waals surface area contributed by atoms with Crippen LogP contribution in [0.5, 0.6) is 0 Å². The summed E-state index contributed by atoms with van der Waals surface area (Å²) in [5, 5.41) is 23.9. The molecule has 0 radical (unpaired) electrons. The first-order valence-electron chi connectivity index (χ1n) is 11.7. The highest BCUT2D eigenvalue weighted by atomic mass is 16.3. The number of rotatable bonds is 6. The van der Waals surface area contributed by atoms with E-state index in [9.17, 15) is 10.2 Å². The Kier molecular flexibility index (Phi) is 6.36. The molecule has 4 heteroatoms. The van der Waals surface area contributed by atoms with Gasteiger partial charge in [0.05, 0.1) is 6.10 Å². The van der Waals surface area contributed by atoms with Crippen molar-refractivity contribution in [3.05, 3.63) is 48.8 Å². The van der Waals surface area contributed by atoms with Gasteiger partial charge >= 0.3 is 0 Å². The van der Waals surface area contributed by atoms with E-state index in [1.807, 2.05) is 18.3 Å². The van der Waals surface area contributed by atoms with Gasteiger partial charge in [0.1, 0.15) is 0 Å². The lowest BCUT2D eigenvalue weighted by molar-refractivity contribution is -0.0359. The van der Waals surface area contributed by atoms with E-state index in [0.29, 0.717) is 23.7 Å². The van der Waals surface area contributed by atoms with Crippen LogP contribution in [-0.4, -0.2) is 34.5 Å². The van der Waals surface area contributed by atoms with E-state index in [4.69, 9.17) is 0 Å². The highest BCUT2D eigenvalue weighted by molar-refractivity contribution is 5.60. The topological polar surface area (TPSA) is 65.4 Å². The molecule has 0 amide bonds. The fourth-order valence-electron chi connectivity index (χ4n) is 6.97. The number of aliphatic hydroxyl groups is 2. The molecule has 0 aliphatic heterocycles. The number of nitrogens with zero attached hydrogens (tertiary/aromatic N) is 1. The van der Waals surface area contributed by atoms with E-state index in [1.165, 1.54) is 24.8 Å². The number of allylic oxidation sites excluding steroid dienone is 1. The fraction of sp³-hybridized carbons (Fsp3) is 0.654. The minimum atomic E-state index is -0.250. The van der Waals surface area contributed by atoms with Gasteiger partial charge in [0, 0.05) is 36.8 Å². The molecule has 7 atom stereocenters. The number of fused-ring (bicyclic) bond motifs is 1. The average molecular weight is 411 g/mol. The van der Waals surface area contributed by atoms with Crippen molar-refractivity contribution in [2.45, 2.75) is 58.0 Å². The van der Waals surface area contributed by atoms with E-state index in [1.54, 1.807) is 6.20 Å².